The Bertz CT molecular complexity index is 1610. The first-order valence-electron chi connectivity index (χ1n) is 14.2. The summed E-state index contributed by atoms with van der Waals surface area (Å²) in [6.07, 6.45) is 11.5. The molecule has 44 heavy (non-hydrogen) atoms. The summed E-state index contributed by atoms with van der Waals surface area (Å²) < 4.78 is 15.9. The zero-order valence-electron chi connectivity index (χ0n) is 24.8. The van der Waals surface area contributed by atoms with E-state index < -0.39 is 11.9 Å². The lowest BCUT2D eigenvalue weighted by atomic mass is 9.90. The second kappa shape index (κ2) is 13.9. The molecule has 0 spiro atoms. The number of hydrogen-bond donors (Lipinski definition) is 0. The molecule has 228 valence electrons. The average molecular weight is 594 g/mol. The van der Waals surface area contributed by atoms with Crippen molar-refractivity contribution in [1.29, 1.82) is 0 Å². The molecular weight excluding hydrogens is 554 g/mol. The highest BCUT2D eigenvalue weighted by Gasteiger charge is 2.31. The highest BCUT2D eigenvalue weighted by Crippen LogP contribution is 2.38. The molecule has 1 unspecified atom stereocenters. The Labute approximate surface area is 259 Å². The molecule has 0 aromatic heterocycles. The van der Waals surface area contributed by atoms with Gasteiger partial charge in [-0.1, -0.05) is 62.1 Å². The maximum atomic E-state index is 12.4. The number of likely N-dealkylation sites (N-methyl/N-ethyl adjacent to an activating group) is 1. The zero-order valence-corrected chi connectivity index (χ0v) is 24.8. The van der Waals surface area contributed by atoms with Crippen LogP contribution in [0.4, 0.5) is 17.1 Å². The molecule has 1 aliphatic carbocycles. The second-order valence-corrected chi connectivity index (χ2v) is 10.4. The van der Waals surface area contributed by atoms with Gasteiger partial charge in [-0.2, -0.15) is 4.99 Å². The maximum Gasteiger partial charge on any atom is 0.340 e. The summed E-state index contributed by atoms with van der Waals surface area (Å²) in [5, 5.41) is 0. The van der Waals surface area contributed by atoms with E-state index in [9.17, 15) is 9.59 Å². The molecule has 0 bridgehead atoms. The highest BCUT2D eigenvalue weighted by molar-refractivity contribution is 5.99. The molecule has 1 aliphatic heterocycles. The van der Waals surface area contributed by atoms with Gasteiger partial charge < -0.3 is 24.0 Å². The van der Waals surface area contributed by atoms with E-state index in [1.165, 1.54) is 32.4 Å². The van der Waals surface area contributed by atoms with Crippen LogP contribution in [-0.4, -0.2) is 55.7 Å². The molecule has 8 nitrogen and oxygen atoms in total. The lowest BCUT2D eigenvalue weighted by Gasteiger charge is -2.41. The summed E-state index contributed by atoms with van der Waals surface area (Å²) in [7, 11) is 2.60. The molecular formula is C36H39N3O5. The minimum atomic E-state index is -0.564. The van der Waals surface area contributed by atoms with E-state index in [0.29, 0.717) is 24.9 Å². The van der Waals surface area contributed by atoms with Gasteiger partial charge in [-0.25, -0.2) is 9.59 Å². The number of carbonyl (C=O) groups excluding carboxylic acids is 2. The molecule has 0 N–H and O–H groups in total. The third-order valence-corrected chi connectivity index (χ3v) is 7.50. The van der Waals surface area contributed by atoms with Crippen molar-refractivity contribution in [3.05, 3.63) is 120 Å². The number of amidine groups is 1. The standard InChI is InChI=1S/C35H35N3O5.CH4/c1-5-37-24-29(43-34(37)36-31-23-26(32(39)41-3)16-19-30(31)33(40)42-4)22-25-14-17-28(18-15-25)38(27-12-8-6-9-13-27)35(2)20-10-7-11-21-35;/h6-20,22-23H,5,21,24H2,1-4H3;1H4/b29-22+,36-34?;. The number of esters is 2. The zero-order chi connectivity index (χ0) is 30.4. The van der Waals surface area contributed by atoms with Gasteiger partial charge >= 0.3 is 11.9 Å². The Balaban J connectivity index is 0.00000442. The van der Waals surface area contributed by atoms with Gasteiger partial charge in [0, 0.05) is 17.9 Å². The highest BCUT2D eigenvalue weighted by atomic mass is 16.5. The van der Waals surface area contributed by atoms with Crippen molar-refractivity contribution in [2.45, 2.75) is 33.2 Å². The summed E-state index contributed by atoms with van der Waals surface area (Å²) >= 11 is 0. The molecule has 1 heterocycles. The van der Waals surface area contributed by atoms with Gasteiger partial charge in [0.1, 0.15) is 5.76 Å². The number of aliphatic imine (C=N–C) groups is 1. The van der Waals surface area contributed by atoms with Crippen molar-refractivity contribution in [1.82, 2.24) is 4.90 Å². The van der Waals surface area contributed by atoms with Crippen molar-refractivity contribution in [3.8, 4) is 0 Å². The fraction of sp³-hybridized carbons (Fsp3) is 0.250. The lowest BCUT2D eigenvalue weighted by molar-refractivity contribution is 0.0587. The summed E-state index contributed by atoms with van der Waals surface area (Å²) in [5.41, 5.74) is 3.73. The van der Waals surface area contributed by atoms with Crippen LogP contribution in [0.15, 0.2) is 108 Å². The molecule has 1 fully saturated rings. The summed E-state index contributed by atoms with van der Waals surface area (Å²) in [5.74, 6) is -0.382. The number of ether oxygens (including phenoxy) is 3. The largest absolute Gasteiger partial charge is 0.465 e. The molecule has 0 saturated carbocycles. The SMILES string of the molecule is C.CCN1C/C(=C\c2ccc(N(c3ccccc3)C3(C)C=CC=CC3)cc2)OC1=Nc1cc(C(=O)OC)ccc1C(=O)OC. The fourth-order valence-corrected chi connectivity index (χ4v) is 5.24. The summed E-state index contributed by atoms with van der Waals surface area (Å²) in [6.45, 7) is 5.38. The van der Waals surface area contributed by atoms with Crippen LogP contribution in [0.2, 0.25) is 0 Å². The monoisotopic (exact) mass is 593 g/mol. The van der Waals surface area contributed by atoms with Crippen LogP contribution in [0.5, 0.6) is 0 Å². The van der Waals surface area contributed by atoms with Crippen LogP contribution >= 0.6 is 0 Å². The third-order valence-electron chi connectivity index (χ3n) is 7.50. The van der Waals surface area contributed by atoms with Crippen LogP contribution in [0.1, 0.15) is 54.0 Å². The van der Waals surface area contributed by atoms with Crippen molar-refractivity contribution in [2.24, 2.45) is 4.99 Å². The maximum absolute atomic E-state index is 12.4. The quantitative estimate of drug-likeness (QED) is 0.248. The number of methoxy groups -OCH3 is 2. The fourth-order valence-electron chi connectivity index (χ4n) is 5.24. The third kappa shape index (κ3) is 6.75. The van der Waals surface area contributed by atoms with Crippen molar-refractivity contribution in [3.63, 3.8) is 0 Å². The van der Waals surface area contributed by atoms with Gasteiger partial charge in [0.15, 0.2) is 0 Å². The number of para-hydroxylation sites is 1. The van der Waals surface area contributed by atoms with Crippen LogP contribution < -0.4 is 4.90 Å². The van der Waals surface area contributed by atoms with Gasteiger partial charge in [0.05, 0.1) is 43.1 Å². The van der Waals surface area contributed by atoms with Crippen LogP contribution in [-0.2, 0) is 14.2 Å². The van der Waals surface area contributed by atoms with Gasteiger partial charge in [-0.15, -0.1) is 0 Å². The number of anilines is 2. The lowest BCUT2D eigenvalue weighted by Crippen LogP contribution is -2.42. The van der Waals surface area contributed by atoms with E-state index in [0.717, 1.165) is 23.4 Å². The van der Waals surface area contributed by atoms with Crippen molar-refractivity contribution in [2.75, 3.05) is 32.2 Å². The molecule has 1 atom stereocenters. The first-order valence-corrected chi connectivity index (χ1v) is 14.2. The molecule has 5 rings (SSSR count). The molecule has 0 amide bonds. The van der Waals surface area contributed by atoms with Crippen LogP contribution in [0, 0.1) is 0 Å². The van der Waals surface area contributed by atoms with Gasteiger partial charge in [0.25, 0.3) is 6.02 Å². The molecule has 1 saturated heterocycles. The Morgan fingerprint density at radius 1 is 0.977 bits per heavy atom. The number of rotatable bonds is 8. The summed E-state index contributed by atoms with van der Waals surface area (Å²) in [6, 6.07) is 23.6. The first kappa shape index (κ1) is 31.8. The van der Waals surface area contributed by atoms with E-state index in [4.69, 9.17) is 14.2 Å². The van der Waals surface area contributed by atoms with Crippen LogP contribution in [0.25, 0.3) is 6.08 Å². The molecule has 8 heteroatoms. The van der Waals surface area contributed by atoms with E-state index in [1.54, 1.807) is 0 Å². The Hall–Kier alpha value is -5.11. The van der Waals surface area contributed by atoms with E-state index in [1.807, 2.05) is 24.0 Å². The van der Waals surface area contributed by atoms with Crippen molar-refractivity contribution < 1.29 is 23.8 Å². The normalized spacial score (nSPS) is 19.0. The Morgan fingerprint density at radius 2 is 1.68 bits per heavy atom. The number of nitrogens with zero attached hydrogens (tertiary/aromatic N) is 3. The molecule has 2 aliphatic rings. The second-order valence-electron chi connectivity index (χ2n) is 10.4. The average Bonchev–Trinajstić information content (AvgIpc) is 3.42. The van der Waals surface area contributed by atoms with E-state index >= 15 is 0 Å². The number of allylic oxidation sites excluding steroid dienone is 2. The van der Waals surface area contributed by atoms with Gasteiger partial charge in [0.2, 0.25) is 0 Å². The minimum Gasteiger partial charge on any atom is -0.465 e. The number of benzene rings is 3. The number of carbonyl (C=O) groups is 2. The first-order chi connectivity index (χ1) is 20.8. The van der Waals surface area contributed by atoms with E-state index in [-0.39, 0.29) is 29.8 Å². The Kier molecular flexibility index (Phi) is 10.1. The number of hydrogen-bond acceptors (Lipinski definition) is 7. The molecule has 3 aromatic rings. The predicted molar refractivity (Wildman–Crippen MR) is 176 cm³/mol. The predicted octanol–water partition coefficient (Wildman–Crippen LogP) is 7.69. The van der Waals surface area contributed by atoms with Crippen molar-refractivity contribution >= 4 is 41.1 Å². The molecule has 0 radical (unpaired) electrons. The topological polar surface area (TPSA) is 80.7 Å². The smallest absolute Gasteiger partial charge is 0.340 e. The van der Waals surface area contributed by atoms with Crippen LogP contribution in [0.3, 0.4) is 0 Å². The summed E-state index contributed by atoms with van der Waals surface area (Å²) in [4.78, 5) is 33.5. The minimum absolute atomic E-state index is 0. The Morgan fingerprint density at radius 3 is 2.32 bits per heavy atom. The van der Waals surface area contributed by atoms with Gasteiger partial charge in [-0.3, -0.25) is 0 Å². The van der Waals surface area contributed by atoms with E-state index in [2.05, 4.69) is 89.7 Å². The van der Waals surface area contributed by atoms with Gasteiger partial charge in [-0.05, 0) is 74.4 Å². The molecule has 3 aromatic carbocycles.